The Morgan fingerprint density at radius 1 is 1.40 bits per heavy atom. The molecule has 0 spiro atoms. The average Bonchev–Trinajstić information content (AvgIpc) is 2.41. The molecule has 1 fully saturated rings. The monoisotopic (exact) mass is 296 g/mol. The Morgan fingerprint density at radius 2 is 2.10 bits per heavy atom. The van der Waals surface area contributed by atoms with Crippen LogP contribution in [0.1, 0.15) is 37.8 Å². The van der Waals surface area contributed by atoms with E-state index in [2.05, 4.69) is 5.32 Å². The van der Waals surface area contributed by atoms with Gasteiger partial charge in [-0.3, -0.25) is 0 Å². The number of hydrogen-bond donors (Lipinski definition) is 1. The van der Waals surface area contributed by atoms with Crippen LogP contribution in [-0.4, -0.2) is 33.4 Å². The second-order valence-corrected chi connectivity index (χ2v) is 7.71. The smallest absolute Gasteiger partial charge is 0.242 e. The van der Waals surface area contributed by atoms with E-state index >= 15 is 0 Å². The molecule has 0 aliphatic heterocycles. The van der Waals surface area contributed by atoms with Gasteiger partial charge in [-0.15, -0.1) is 0 Å². The fourth-order valence-corrected chi connectivity index (χ4v) is 3.73. The van der Waals surface area contributed by atoms with E-state index in [0.29, 0.717) is 17.4 Å². The molecule has 1 atom stereocenters. The van der Waals surface area contributed by atoms with Crippen molar-refractivity contribution in [3.8, 4) is 0 Å². The lowest BCUT2D eigenvalue weighted by Crippen LogP contribution is -2.34. The van der Waals surface area contributed by atoms with Gasteiger partial charge in [-0.2, -0.15) is 0 Å². The van der Waals surface area contributed by atoms with Gasteiger partial charge in [0.2, 0.25) is 10.0 Å². The lowest BCUT2D eigenvalue weighted by atomic mass is 9.86. The third-order valence-corrected chi connectivity index (χ3v) is 6.06. The second-order valence-electron chi connectivity index (χ2n) is 5.67. The molecule has 1 aromatic carbocycles. The largest absolute Gasteiger partial charge is 0.313 e. The molecule has 1 saturated carbocycles. The first-order valence-electron chi connectivity index (χ1n) is 7.18. The third kappa shape index (κ3) is 3.22. The van der Waals surface area contributed by atoms with Gasteiger partial charge in [0, 0.05) is 19.6 Å². The van der Waals surface area contributed by atoms with Crippen LogP contribution in [0.4, 0.5) is 0 Å². The van der Waals surface area contributed by atoms with E-state index < -0.39 is 10.0 Å². The number of sulfonamides is 1. The Hall–Kier alpha value is -0.910. The standard InChI is InChI=1S/C15H24N2O2S/c1-12(16-2)14-8-5-9-15(10-14)20(18,19)17(3)11-13-6-4-7-13/h5,8-10,12-13,16H,4,6-7,11H2,1-3H3. The zero-order valence-electron chi connectivity index (χ0n) is 12.5. The Morgan fingerprint density at radius 3 is 2.65 bits per heavy atom. The summed E-state index contributed by atoms with van der Waals surface area (Å²) in [6.07, 6.45) is 3.53. The number of nitrogens with zero attached hydrogens (tertiary/aromatic N) is 1. The molecule has 4 nitrogen and oxygen atoms in total. The van der Waals surface area contributed by atoms with Crippen LogP contribution in [0.3, 0.4) is 0 Å². The fraction of sp³-hybridized carbons (Fsp3) is 0.600. The highest BCUT2D eigenvalue weighted by molar-refractivity contribution is 7.89. The van der Waals surface area contributed by atoms with Crippen LogP contribution in [-0.2, 0) is 10.0 Å². The highest BCUT2D eigenvalue weighted by Gasteiger charge is 2.26. The molecule has 0 saturated heterocycles. The molecule has 0 heterocycles. The first-order valence-corrected chi connectivity index (χ1v) is 8.62. The molecule has 20 heavy (non-hydrogen) atoms. The van der Waals surface area contributed by atoms with E-state index in [0.717, 1.165) is 18.4 Å². The van der Waals surface area contributed by atoms with Gasteiger partial charge >= 0.3 is 0 Å². The van der Waals surface area contributed by atoms with Gasteiger partial charge in [-0.1, -0.05) is 18.6 Å². The number of hydrogen-bond acceptors (Lipinski definition) is 3. The topological polar surface area (TPSA) is 49.4 Å². The van der Waals surface area contributed by atoms with Gasteiger partial charge in [-0.05, 0) is 50.4 Å². The van der Waals surface area contributed by atoms with Crippen molar-refractivity contribution in [1.29, 1.82) is 0 Å². The zero-order chi connectivity index (χ0) is 14.8. The minimum Gasteiger partial charge on any atom is -0.313 e. The van der Waals surface area contributed by atoms with Crippen molar-refractivity contribution in [2.24, 2.45) is 5.92 Å². The van der Waals surface area contributed by atoms with Gasteiger partial charge in [-0.25, -0.2) is 12.7 Å². The first-order chi connectivity index (χ1) is 9.45. The number of nitrogens with one attached hydrogen (secondary N) is 1. The number of benzene rings is 1. The van der Waals surface area contributed by atoms with Crippen LogP contribution in [0.25, 0.3) is 0 Å². The van der Waals surface area contributed by atoms with Gasteiger partial charge in [0.1, 0.15) is 0 Å². The van der Waals surface area contributed by atoms with Crippen molar-refractivity contribution in [3.05, 3.63) is 29.8 Å². The summed E-state index contributed by atoms with van der Waals surface area (Å²) in [6.45, 7) is 2.65. The number of rotatable bonds is 6. The molecule has 0 bridgehead atoms. The van der Waals surface area contributed by atoms with Crippen LogP contribution in [0.5, 0.6) is 0 Å². The first kappa shape index (κ1) is 15.5. The molecule has 0 amide bonds. The molecular formula is C15H24N2O2S. The van der Waals surface area contributed by atoms with Crippen molar-refractivity contribution in [3.63, 3.8) is 0 Å². The summed E-state index contributed by atoms with van der Waals surface area (Å²) in [4.78, 5) is 0.388. The maximum atomic E-state index is 12.6. The van der Waals surface area contributed by atoms with Crippen molar-refractivity contribution in [1.82, 2.24) is 9.62 Å². The summed E-state index contributed by atoms with van der Waals surface area (Å²) in [5.41, 5.74) is 0.991. The SMILES string of the molecule is CNC(C)c1cccc(S(=O)(=O)N(C)CC2CCC2)c1. The predicted octanol–water partition coefficient (Wildman–Crippen LogP) is 2.39. The molecule has 1 aliphatic rings. The molecule has 5 heteroatoms. The van der Waals surface area contributed by atoms with Crippen molar-refractivity contribution in [2.75, 3.05) is 20.6 Å². The Balaban J connectivity index is 2.19. The van der Waals surface area contributed by atoms with E-state index in [1.807, 2.05) is 26.1 Å². The van der Waals surface area contributed by atoms with Gasteiger partial charge in [0.05, 0.1) is 4.90 Å². The maximum Gasteiger partial charge on any atom is 0.242 e. The molecule has 1 N–H and O–H groups in total. The molecule has 0 aromatic heterocycles. The van der Waals surface area contributed by atoms with Crippen LogP contribution in [0.15, 0.2) is 29.2 Å². The van der Waals surface area contributed by atoms with E-state index in [1.54, 1.807) is 19.2 Å². The molecule has 0 radical (unpaired) electrons. The highest BCUT2D eigenvalue weighted by atomic mass is 32.2. The van der Waals surface area contributed by atoms with Crippen LogP contribution in [0.2, 0.25) is 0 Å². The van der Waals surface area contributed by atoms with Crippen molar-refractivity contribution in [2.45, 2.75) is 37.1 Å². The fourth-order valence-electron chi connectivity index (χ4n) is 2.43. The quantitative estimate of drug-likeness (QED) is 0.877. The molecule has 2 rings (SSSR count). The minimum absolute atomic E-state index is 0.141. The van der Waals surface area contributed by atoms with Crippen molar-refractivity contribution >= 4 is 10.0 Å². The highest BCUT2D eigenvalue weighted by Crippen LogP contribution is 2.28. The summed E-state index contributed by atoms with van der Waals surface area (Å²) in [7, 11) is 0.183. The lowest BCUT2D eigenvalue weighted by molar-refractivity contribution is 0.263. The molecule has 1 aromatic rings. The summed E-state index contributed by atoms with van der Waals surface area (Å²) in [5.74, 6) is 0.536. The van der Waals surface area contributed by atoms with Gasteiger partial charge < -0.3 is 5.32 Å². The zero-order valence-corrected chi connectivity index (χ0v) is 13.3. The summed E-state index contributed by atoms with van der Waals surface area (Å²) < 4.78 is 26.7. The molecule has 112 valence electrons. The molecule has 1 aliphatic carbocycles. The van der Waals surface area contributed by atoms with E-state index in [4.69, 9.17) is 0 Å². The van der Waals surface area contributed by atoms with Crippen LogP contribution >= 0.6 is 0 Å². The minimum atomic E-state index is -3.37. The van der Waals surface area contributed by atoms with Crippen molar-refractivity contribution < 1.29 is 8.42 Å². The summed E-state index contributed by atoms with van der Waals surface area (Å²) >= 11 is 0. The van der Waals surface area contributed by atoms with E-state index in [1.165, 1.54) is 10.7 Å². The van der Waals surface area contributed by atoms with E-state index in [-0.39, 0.29) is 6.04 Å². The lowest BCUT2D eigenvalue weighted by Gasteiger charge is -2.29. The normalized spacial score (nSPS) is 18.0. The van der Waals surface area contributed by atoms with Gasteiger partial charge in [0.25, 0.3) is 0 Å². The predicted molar refractivity (Wildman–Crippen MR) is 81.1 cm³/mol. The average molecular weight is 296 g/mol. The Labute approximate surface area is 122 Å². The molecular weight excluding hydrogens is 272 g/mol. The molecule has 1 unspecified atom stereocenters. The van der Waals surface area contributed by atoms with Gasteiger partial charge in [0.15, 0.2) is 0 Å². The van der Waals surface area contributed by atoms with Crippen LogP contribution < -0.4 is 5.32 Å². The Kier molecular flexibility index (Phi) is 4.83. The summed E-state index contributed by atoms with van der Waals surface area (Å²) in [6, 6.07) is 7.35. The second kappa shape index (κ2) is 6.24. The maximum absolute atomic E-state index is 12.6. The third-order valence-electron chi connectivity index (χ3n) is 4.24. The Bertz CT molecular complexity index is 553. The summed E-state index contributed by atoms with van der Waals surface area (Å²) in [5, 5.41) is 3.13. The van der Waals surface area contributed by atoms with Crippen LogP contribution in [0, 0.1) is 5.92 Å². The van der Waals surface area contributed by atoms with E-state index in [9.17, 15) is 8.42 Å².